The second-order valence-electron chi connectivity index (χ2n) is 5.19. The van der Waals surface area contributed by atoms with Crippen LogP contribution in [0.15, 0.2) is 36.7 Å². The predicted octanol–water partition coefficient (Wildman–Crippen LogP) is 2.92. The van der Waals surface area contributed by atoms with Gasteiger partial charge in [-0.15, -0.1) is 0 Å². The minimum Gasteiger partial charge on any atom is -0.326 e. The smallest absolute Gasteiger partial charge is 0.323 e. The van der Waals surface area contributed by atoms with Crippen LogP contribution >= 0.6 is 0 Å². The lowest BCUT2D eigenvalue weighted by atomic mass is 10.0. The summed E-state index contributed by atoms with van der Waals surface area (Å²) in [4.78, 5) is 27.4. The van der Waals surface area contributed by atoms with Gasteiger partial charge >= 0.3 is 6.03 Å². The van der Waals surface area contributed by atoms with E-state index in [4.69, 9.17) is 0 Å². The van der Waals surface area contributed by atoms with E-state index < -0.39 is 0 Å². The lowest BCUT2D eigenvalue weighted by Gasteiger charge is -2.18. The van der Waals surface area contributed by atoms with Gasteiger partial charge in [-0.25, -0.2) is 4.79 Å². The van der Waals surface area contributed by atoms with E-state index in [1.165, 1.54) is 0 Å². The average molecular weight is 296 g/mol. The largest absolute Gasteiger partial charge is 0.326 e. The first-order valence-corrected chi connectivity index (χ1v) is 7.03. The zero-order valence-electron chi connectivity index (χ0n) is 12.1. The summed E-state index contributed by atoms with van der Waals surface area (Å²) in [5.41, 5.74) is 4.05. The topological polar surface area (TPSA) is 83.1 Å². The predicted molar refractivity (Wildman–Crippen MR) is 85.0 cm³/mol. The number of carbonyl (C=O) groups is 2. The first-order valence-electron chi connectivity index (χ1n) is 7.03. The molecule has 0 unspecified atom stereocenters. The van der Waals surface area contributed by atoms with Crippen LogP contribution in [0, 0.1) is 6.92 Å². The lowest BCUT2D eigenvalue weighted by Crippen LogP contribution is -2.22. The van der Waals surface area contributed by atoms with Crippen molar-refractivity contribution in [3.05, 3.63) is 47.8 Å². The highest BCUT2D eigenvalue weighted by Crippen LogP contribution is 2.26. The van der Waals surface area contributed by atoms with Gasteiger partial charge in [-0.2, -0.15) is 0 Å². The van der Waals surface area contributed by atoms with Gasteiger partial charge in [-0.1, -0.05) is 6.07 Å². The molecular formula is C16H16N4O2. The molecule has 0 saturated heterocycles. The Hall–Kier alpha value is -2.89. The van der Waals surface area contributed by atoms with Gasteiger partial charge in [0.25, 0.3) is 0 Å². The van der Waals surface area contributed by atoms with E-state index in [9.17, 15) is 9.59 Å². The maximum absolute atomic E-state index is 12.0. The number of amides is 3. The standard InChI is InChI=1S/C16H16N4O2/c1-10-6-7-17-9-14(10)20-16(22)18-12-4-2-11-3-5-15(21)19-13(11)8-12/h2,4,6-9H,3,5H2,1H3,(H,19,21)(H2,18,20,22). The minimum atomic E-state index is -0.349. The number of hydrogen-bond acceptors (Lipinski definition) is 3. The number of fused-ring (bicyclic) bond motifs is 1. The highest BCUT2D eigenvalue weighted by Gasteiger charge is 2.15. The van der Waals surface area contributed by atoms with Crippen molar-refractivity contribution in [2.45, 2.75) is 19.8 Å². The third-order valence-corrected chi connectivity index (χ3v) is 3.55. The molecule has 6 nitrogen and oxygen atoms in total. The molecular weight excluding hydrogens is 280 g/mol. The number of aromatic nitrogens is 1. The summed E-state index contributed by atoms with van der Waals surface area (Å²) in [6.45, 7) is 1.89. The lowest BCUT2D eigenvalue weighted by molar-refractivity contribution is -0.116. The van der Waals surface area contributed by atoms with Gasteiger partial charge in [-0.3, -0.25) is 9.78 Å². The molecule has 2 aromatic rings. The van der Waals surface area contributed by atoms with Gasteiger partial charge in [0.15, 0.2) is 0 Å². The van der Waals surface area contributed by atoms with E-state index in [1.54, 1.807) is 18.5 Å². The molecule has 3 N–H and O–H groups in total. The van der Waals surface area contributed by atoms with E-state index in [-0.39, 0.29) is 11.9 Å². The monoisotopic (exact) mass is 296 g/mol. The third kappa shape index (κ3) is 3.06. The van der Waals surface area contributed by atoms with Crippen LogP contribution in [-0.2, 0) is 11.2 Å². The van der Waals surface area contributed by atoms with Crippen LogP contribution in [0.1, 0.15) is 17.5 Å². The Balaban J connectivity index is 1.71. The molecule has 1 aliphatic heterocycles. The number of rotatable bonds is 2. The van der Waals surface area contributed by atoms with Crippen LogP contribution in [-0.4, -0.2) is 16.9 Å². The molecule has 3 rings (SSSR count). The van der Waals surface area contributed by atoms with E-state index >= 15 is 0 Å². The first kappa shape index (κ1) is 14.1. The van der Waals surface area contributed by atoms with E-state index in [0.717, 1.165) is 23.2 Å². The van der Waals surface area contributed by atoms with Crippen LogP contribution in [0.3, 0.4) is 0 Å². The number of carbonyl (C=O) groups excluding carboxylic acids is 2. The van der Waals surface area contributed by atoms with E-state index in [0.29, 0.717) is 17.8 Å². The molecule has 6 heteroatoms. The number of benzene rings is 1. The summed E-state index contributed by atoms with van der Waals surface area (Å²) in [6.07, 6.45) is 4.50. The second kappa shape index (κ2) is 5.85. The highest BCUT2D eigenvalue weighted by atomic mass is 16.2. The maximum Gasteiger partial charge on any atom is 0.323 e. The highest BCUT2D eigenvalue weighted by molar-refractivity contribution is 6.01. The molecule has 0 atom stereocenters. The van der Waals surface area contributed by atoms with Crippen molar-refractivity contribution in [2.24, 2.45) is 0 Å². The Kier molecular flexibility index (Phi) is 3.74. The Morgan fingerprint density at radius 3 is 2.91 bits per heavy atom. The second-order valence-corrected chi connectivity index (χ2v) is 5.19. The van der Waals surface area contributed by atoms with Gasteiger partial charge in [0.2, 0.25) is 5.91 Å². The summed E-state index contributed by atoms with van der Waals surface area (Å²) in [5, 5.41) is 8.31. The van der Waals surface area contributed by atoms with Crippen molar-refractivity contribution in [3.63, 3.8) is 0 Å². The number of hydrogen-bond donors (Lipinski definition) is 3. The van der Waals surface area contributed by atoms with Crippen LogP contribution in [0.5, 0.6) is 0 Å². The maximum atomic E-state index is 12.0. The summed E-state index contributed by atoms with van der Waals surface area (Å²) < 4.78 is 0. The fraction of sp³-hybridized carbons (Fsp3) is 0.188. The number of nitrogens with zero attached hydrogens (tertiary/aromatic N) is 1. The molecule has 22 heavy (non-hydrogen) atoms. The zero-order valence-corrected chi connectivity index (χ0v) is 12.1. The Morgan fingerprint density at radius 1 is 1.23 bits per heavy atom. The van der Waals surface area contributed by atoms with Crippen LogP contribution < -0.4 is 16.0 Å². The number of anilines is 3. The van der Waals surface area contributed by atoms with Crippen molar-refractivity contribution in [1.82, 2.24) is 4.98 Å². The van der Waals surface area contributed by atoms with Crippen molar-refractivity contribution in [1.29, 1.82) is 0 Å². The fourth-order valence-electron chi connectivity index (χ4n) is 2.33. The van der Waals surface area contributed by atoms with Gasteiger partial charge in [0, 0.05) is 24.0 Å². The van der Waals surface area contributed by atoms with Crippen LogP contribution in [0.25, 0.3) is 0 Å². The quantitative estimate of drug-likeness (QED) is 0.796. The van der Waals surface area contributed by atoms with Crippen molar-refractivity contribution in [2.75, 3.05) is 16.0 Å². The van der Waals surface area contributed by atoms with E-state index in [2.05, 4.69) is 20.9 Å². The summed E-state index contributed by atoms with van der Waals surface area (Å²) >= 11 is 0. The Labute approximate surface area is 127 Å². The normalized spacial score (nSPS) is 13.0. The Bertz CT molecular complexity index is 743. The molecule has 0 bridgehead atoms. The van der Waals surface area contributed by atoms with Crippen LogP contribution in [0.4, 0.5) is 21.9 Å². The van der Waals surface area contributed by atoms with Gasteiger partial charge in [-0.05, 0) is 42.7 Å². The molecule has 1 aliphatic rings. The van der Waals surface area contributed by atoms with Gasteiger partial charge in [0.1, 0.15) is 0 Å². The Morgan fingerprint density at radius 2 is 2.09 bits per heavy atom. The summed E-state index contributed by atoms with van der Waals surface area (Å²) in [7, 11) is 0. The molecule has 0 fully saturated rings. The fourth-order valence-corrected chi connectivity index (χ4v) is 2.33. The molecule has 0 spiro atoms. The third-order valence-electron chi connectivity index (χ3n) is 3.55. The average Bonchev–Trinajstić information content (AvgIpc) is 2.49. The van der Waals surface area contributed by atoms with Gasteiger partial charge in [0.05, 0.1) is 11.9 Å². The number of aryl methyl sites for hydroxylation is 2. The molecule has 2 heterocycles. The molecule has 3 amide bonds. The van der Waals surface area contributed by atoms with Crippen molar-refractivity contribution >= 4 is 29.0 Å². The summed E-state index contributed by atoms with van der Waals surface area (Å²) in [5.74, 6) is 0.0000799. The number of urea groups is 1. The van der Waals surface area contributed by atoms with Crippen molar-refractivity contribution < 1.29 is 9.59 Å². The molecule has 0 saturated carbocycles. The van der Waals surface area contributed by atoms with Gasteiger partial charge < -0.3 is 16.0 Å². The molecule has 112 valence electrons. The SMILES string of the molecule is Cc1ccncc1NC(=O)Nc1ccc2c(c1)NC(=O)CC2. The molecule has 0 aliphatic carbocycles. The summed E-state index contributed by atoms with van der Waals surface area (Å²) in [6, 6.07) is 6.98. The first-order chi connectivity index (χ1) is 10.6. The molecule has 1 aromatic heterocycles. The van der Waals surface area contributed by atoms with Crippen molar-refractivity contribution in [3.8, 4) is 0 Å². The zero-order chi connectivity index (χ0) is 15.5. The minimum absolute atomic E-state index is 0.0000799. The number of nitrogens with one attached hydrogen (secondary N) is 3. The van der Waals surface area contributed by atoms with E-state index in [1.807, 2.05) is 25.1 Å². The molecule has 0 radical (unpaired) electrons. The van der Waals surface area contributed by atoms with Crippen LogP contribution in [0.2, 0.25) is 0 Å². The number of pyridine rings is 1. The molecule has 1 aromatic carbocycles.